The first-order valence-corrected chi connectivity index (χ1v) is 10.8. The second-order valence-electron chi connectivity index (χ2n) is 7.77. The van der Waals surface area contributed by atoms with Crippen LogP contribution in [-0.2, 0) is 16.6 Å². The molecule has 148 valence electrons. The minimum atomic E-state index is -3.76. The van der Waals surface area contributed by atoms with Crippen LogP contribution in [0.3, 0.4) is 0 Å². The van der Waals surface area contributed by atoms with E-state index in [9.17, 15) is 13.2 Å². The molecule has 1 aliphatic carbocycles. The van der Waals surface area contributed by atoms with Gasteiger partial charge in [0.05, 0.1) is 11.4 Å². The summed E-state index contributed by atoms with van der Waals surface area (Å²) in [5.74, 6) is 1.60. The number of aryl methyl sites for hydroxylation is 1. The lowest BCUT2D eigenvalue weighted by Gasteiger charge is -2.13. The van der Waals surface area contributed by atoms with E-state index in [1.165, 1.54) is 10.6 Å². The van der Waals surface area contributed by atoms with E-state index in [1.807, 2.05) is 24.6 Å². The quantitative estimate of drug-likeness (QED) is 0.702. The number of rotatable bonds is 5. The Bertz CT molecular complexity index is 1240. The fourth-order valence-electron chi connectivity index (χ4n) is 3.40. The Morgan fingerprint density at radius 1 is 1.29 bits per heavy atom. The highest BCUT2D eigenvalue weighted by Gasteiger charge is 2.29. The van der Waals surface area contributed by atoms with Crippen LogP contribution in [-0.4, -0.2) is 27.6 Å². The Morgan fingerprint density at radius 3 is 2.57 bits per heavy atom. The number of hydrogen-bond acceptors (Lipinski definition) is 5. The first-order valence-electron chi connectivity index (χ1n) is 9.27. The van der Waals surface area contributed by atoms with Crippen molar-refractivity contribution in [1.82, 2.24) is 19.2 Å². The Labute approximate surface area is 163 Å². The highest BCUT2D eigenvalue weighted by atomic mass is 32.2. The molecule has 2 N–H and O–H groups in total. The first kappa shape index (κ1) is 18.8. The zero-order chi connectivity index (χ0) is 20.2. The molecule has 0 atom stereocenters. The number of benzene rings is 1. The monoisotopic (exact) mass is 401 g/mol. The molecule has 1 fully saturated rings. The summed E-state index contributed by atoms with van der Waals surface area (Å²) in [6.07, 6.45) is 3.93. The van der Waals surface area contributed by atoms with Gasteiger partial charge >= 0.3 is 0 Å². The average Bonchev–Trinajstić information content (AvgIpc) is 3.34. The number of sulfonamides is 1. The fourth-order valence-corrected chi connectivity index (χ4v) is 4.16. The number of fused-ring (bicyclic) bond motifs is 1. The molecule has 1 aromatic carbocycles. The summed E-state index contributed by atoms with van der Waals surface area (Å²) in [7, 11) is -3.76. The van der Waals surface area contributed by atoms with Crippen molar-refractivity contribution in [2.45, 2.75) is 56.9 Å². The smallest absolute Gasteiger partial charge is 0.279 e. The molecular weight excluding hydrogens is 378 g/mol. The second kappa shape index (κ2) is 6.52. The van der Waals surface area contributed by atoms with Crippen LogP contribution in [0.5, 0.6) is 0 Å². The molecule has 1 aliphatic rings. The molecule has 2 heterocycles. The van der Waals surface area contributed by atoms with Gasteiger partial charge in [0, 0.05) is 17.7 Å². The molecule has 2 aromatic heterocycles. The lowest BCUT2D eigenvalue weighted by molar-refractivity contribution is 0.597. The van der Waals surface area contributed by atoms with Gasteiger partial charge in [0.1, 0.15) is 0 Å². The van der Waals surface area contributed by atoms with Crippen molar-refractivity contribution in [1.29, 1.82) is 0 Å². The summed E-state index contributed by atoms with van der Waals surface area (Å²) >= 11 is 0. The Hall–Kier alpha value is -2.52. The molecule has 4 rings (SSSR count). The lowest BCUT2D eigenvalue weighted by Crippen LogP contribution is -2.24. The maximum absolute atomic E-state index is 12.8. The van der Waals surface area contributed by atoms with Crippen molar-refractivity contribution in [2.75, 3.05) is 0 Å². The van der Waals surface area contributed by atoms with Gasteiger partial charge in [0.25, 0.3) is 5.56 Å². The third kappa shape index (κ3) is 3.35. The molecule has 0 aliphatic heterocycles. The summed E-state index contributed by atoms with van der Waals surface area (Å²) < 4.78 is 26.6. The van der Waals surface area contributed by atoms with Gasteiger partial charge in [-0.3, -0.25) is 4.79 Å². The van der Waals surface area contributed by atoms with Crippen LogP contribution >= 0.6 is 0 Å². The molecule has 0 radical (unpaired) electrons. The van der Waals surface area contributed by atoms with Crippen LogP contribution in [0.4, 0.5) is 0 Å². The van der Waals surface area contributed by atoms with Gasteiger partial charge in [0.2, 0.25) is 15.8 Å². The van der Waals surface area contributed by atoms with Crippen molar-refractivity contribution in [3.8, 4) is 0 Å². The maximum Gasteiger partial charge on any atom is 0.279 e. The zero-order valence-electron chi connectivity index (χ0n) is 16.1. The highest BCUT2D eigenvalue weighted by Crippen LogP contribution is 2.38. The van der Waals surface area contributed by atoms with E-state index in [2.05, 4.69) is 10.1 Å². The van der Waals surface area contributed by atoms with Gasteiger partial charge in [-0.15, -0.1) is 5.10 Å². The van der Waals surface area contributed by atoms with Crippen LogP contribution in [0.15, 0.2) is 34.1 Å². The minimum Gasteiger partial charge on any atom is -0.312 e. The highest BCUT2D eigenvalue weighted by molar-refractivity contribution is 7.89. The SMILES string of the molecule is Cc1cc(Cn2cc(C(C)C)c(=O)n3nc(C4CC4)nc23)ccc1S(N)(=O)=O. The topological polar surface area (TPSA) is 112 Å². The maximum atomic E-state index is 12.8. The standard InChI is InChI=1S/C19H23N5O3S/c1-11(2)15-10-23(9-13-4-7-16(12(3)8-13)28(20,26)27)19-21-17(14-5-6-14)22-24(19)18(15)25/h4,7-8,10-11,14H,5-6,9H2,1-3H3,(H2,20,26,27). The van der Waals surface area contributed by atoms with Crippen LogP contribution in [0.1, 0.15) is 61.0 Å². The molecule has 3 aromatic rings. The van der Waals surface area contributed by atoms with Gasteiger partial charge in [-0.2, -0.15) is 9.50 Å². The summed E-state index contributed by atoms with van der Waals surface area (Å²) in [6, 6.07) is 5.04. The minimum absolute atomic E-state index is 0.0446. The molecule has 9 heteroatoms. The fraction of sp³-hybridized carbons (Fsp3) is 0.421. The van der Waals surface area contributed by atoms with E-state index in [1.54, 1.807) is 19.1 Å². The number of aromatic nitrogens is 4. The van der Waals surface area contributed by atoms with Crippen LogP contribution in [0.2, 0.25) is 0 Å². The number of nitrogens with two attached hydrogens (primary N) is 1. The normalized spacial score (nSPS) is 14.9. The van der Waals surface area contributed by atoms with Gasteiger partial charge in [0.15, 0.2) is 5.82 Å². The first-order chi connectivity index (χ1) is 13.1. The van der Waals surface area contributed by atoms with Crippen molar-refractivity contribution in [3.05, 3.63) is 57.3 Å². The Morgan fingerprint density at radius 2 is 2.00 bits per heavy atom. The van der Waals surface area contributed by atoms with E-state index < -0.39 is 10.0 Å². The van der Waals surface area contributed by atoms with Crippen molar-refractivity contribution < 1.29 is 8.42 Å². The predicted octanol–water partition coefficient (Wildman–Crippen LogP) is 1.90. The van der Waals surface area contributed by atoms with E-state index in [4.69, 9.17) is 5.14 Å². The number of primary sulfonamides is 1. The molecule has 1 saturated carbocycles. The zero-order valence-corrected chi connectivity index (χ0v) is 16.9. The summed E-state index contributed by atoms with van der Waals surface area (Å²) in [5.41, 5.74) is 2.00. The largest absolute Gasteiger partial charge is 0.312 e. The summed E-state index contributed by atoms with van der Waals surface area (Å²) in [5, 5.41) is 9.71. The molecule has 0 saturated heterocycles. The van der Waals surface area contributed by atoms with Crippen LogP contribution in [0, 0.1) is 6.92 Å². The van der Waals surface area contributed by atoms with Crippen molar-refractivity contribution in [3.63, 3.8) is 0 Å². The van der Waals surface area contributed by atoms with Crippen molar-refractivity contribution in [2.24, 2.45) is 5.14 Å². The molecular formula is C19H23N5O3S. The molecule has 0 spiro atoms. The molecule has 0 amide bonds. The predicted molar refractivity (Wildman–Crippen MR) is 105 cm³/mol. The Kier molecular flexibility index (Phi) is 4.39. The third-order valence-electron chi connectivity index (χ3n) is 5.06. The van der Waals surface area contributed by atoms with E-state index in [0.717, 1.165) is 18.4 Å². The van der Waals surface area contributed by atoms with E-state index in [-0.39, 0.29) is 16.4 Å². The number of nitrogens with zero attached hydrogens (tertiary/aromatic N) is 4. The summed E-state index contributed by atoms with van der Waals surface area (Å²) in [4.78, 5) is 17.5. The second-order valence-corrected chi connectivity index (χ2v) is 9.30. The lowest BCUT2D eigenvalue weighted by atomic mass is 10.1. The van der Waals surface area contributed by atoms with Crippen LogP contribution in [0.25, 0.3) is 5.78 Å². The molecule has 8 nitrogen and oxygen atoms in total. The third-order valence-corrected chi connectivity index (χ3v) is 6.13. The van der Waals surface area contributed by atoms with Crippen molar-refractivity contribution >= 4 is 15.8 Å². The average molecular weight is 401 g/mol. The number of hydrogen-bond donors (Lipinski definition) is 1. The molecule has 28 heavy (non-hydrogen) atoms. The van der Waals surface area contributed by atoms with Crippen LogP contribution < -0.4 is 10.7 Å². The van der Waals surface area contributed by atoms with Gasteiger partial charge in [-0.05, 0) is 42.9 Å². The van der Waals surface area contributed by atoms with E-state index in [0.29, 0.717) is 35.2 Å². The summed E-state index contributed by atoms with van der Waals surface area (Å²) in [6.45, 7) is 6.09. The van der Waals surface area contributed by atoms with Gasteiger partial charge in [-0.25, -0.2) is 13.6 Å². The Balaban J connectivity index is 1.83. The molecule has 0 bridgehead atoms. The van der Waals surface area contributed by atoms with Gasteiger partial charge in [-0.1, -0.05) is 26.0 Å². The van der Waals surface area contributed by atoms with Gasteiger partial charge < -0.3 is 4.57 Å². The molecule has 0 unspecified atom stereocenters. The van der Waals surface area contributed by atoms with E-state index >= 15 is 0 Å².